The van der Waals surface area contributed by atoms with Crippen molar-refractivity contribution in [3.8, 4) is 0 Å². The Labute approximate surface area is 140 Å². The number of nitrogens with zero attached hydrogens (tertiary/aromatic N) is 1. The largest absolute Gasteiger partial charge is 0.418 e. The average Bonchev–Trinajstić information content (AvgIpc) is 2.51. The summed E-state index contributed by atoms with van der Waals surface area (Å²) in [6.07, 6.45) is -4.42. The number of hydrogen-bond donors (Lipinski definition) is 1. The summed E-state index contributed by atoms with van der Waals surface area (Å²) in [5.74, 6) is 0. The minimum absolute atomic E-state index is 0.0491. The molecule has 0 saturated heterocycles. The van der Waals surface area contributed by atoms with Gasteiger partial charge in [-0.3, -0.25) is 5.43 Å². The second kappa shape index (κ2) is 6.67. The molecule has 24 heavy (non-hydrogen) atoms. The van der Waals surface area contributed by atoms with Crippen LogP contribution in [0.1, 0.15) is 44.4 Å². The van der Waals surface area contributed by atoms with Gasteiger partial charge in [0.2, 0.25) is 0 Å². The molecule has 0 aliphatic heterocycles. The molecule has 2 rings (SSSR count). The van der Waals surface area contributed by atoms with Gasteiger partial charge in [0.05, 0.1) is 17.0 Å². The molecule has 1 N–H and O–H groups in total. The van der Waals surface area contributed by atoms with Crippen molar-refractivity contribution in [1.29, 1.82) is 0 Å². The third-order valence-electron chi connectivity index (χ3n) is 3.75. The van der Waals surface area contributed by atoms with E-state index in [2.05, 4.69) is 31.3 Å². The van der Waals surface area contributed by atoms with E-state index in [0.717, 1.165) is 11.6 Å². The molecule has 0 bridgehead atoms. The minimum Gasteiger partial charge on any atom is -0.278 e. The van der Waals surface area contributed by atoms with Crippen molar-refractivity contribution in [2.45, 2.75) is 39.3 Å². The van der Waals surface area contributed by atoms with E-state index in [-0.39, 0.29) is 11.1 Å². The summed E-state index contributed by atoms with van der Waals surface area (Å²) < 4.78 is 38.9. The lowest BCUT2D eigenvalue weighted by atomic mass is 9.86. The van der Waals surface area contributed by atoms with Crippen molar-refractivity contribution in [1.82, 2.24) is 0 Å². The molecular weight excluding hydrogens is 313 g/mol. The van der Waals surface area contributed by atoms with Gasteiger partial charge in [-0.1, -0.05) is 57.2 Å². The van der Waals surface area contributed by atoms with E-state index in [1.807, 2.05) is 24.3 Å². The maximum Gasteiger partial charge on any atom is 0.418 e. The first kappa shape index (κ1) is 18.0. The lowest BCUT2D eigenvalue weighted by Crippen LogP contribution is -2.11. The second-order valence-corrected chi connectivity index (χ2v) is 6.68. The summed E-state index contributed by atoms with van der Waals surface area (Å²) in [7, 11) is 0. The van der Waals surface area contributed by atoms with Gasteiger partial charge in [0, 0.05) is 0 Å². The van der Waals surface area contributed by atoms with Gasteiger partial charge in [0.1, 0.15) is 0 Å². The Morgan fingerprint density at radius 1 is 0.917 bits per heavy atom. The van der Waals surface area contributed by atoms with Crippen LogP contribution < -0.4 is 5.43 Å². The highest BCUT2D eigenvalue weighted by Gasteiger charge is 2.33. The van der Waals surface area contributed by atoms with Gasteiger partial charge in [-0.2, -0.15) is 18.3 Å². The molecule has 0 aliphatic carbocycles. The van der Waals surface area contributed by atoms with E-state index < -0.39 is 11.7 Å². The molecule has 2 aromatic rings. The van der Waals surface area contributed by atoms with Crippen LogP contribution in [0.15, 0.2) is 53.6 Å². The molecule has 2 nitrogen and oxygen atoms in total. The zero-order chi connectivity index (χ0) is 18.0. The van der Waals surface area contributed by atoms with Crippen LogP contribution in [-0.4, -0.2) is 5.71 Å². The van der Waals surface area contributed by atoms with Crippen LogP contribution in [0.2, 0.25) is 0 Å². The first-order valence-corrected chi connectivity index (χ1v) is 7.66. The zero-order valence-electron chi connectivity index (χ0n) is 14.2. The number of alkyl halides is 3. The van der Waals surface area contributed by atoms with E-state index in [1.54, 1.807) is 13.0 Å². The quantitative estimate of drug-likeness (QED) is 0.553. The number of hydrogen-bond acceptors (Lipinski definition) is 2. The Hall–Kier alpha value is -2.30. The molecule has 0 unspecified atom stereocenters. The fraction of sp³-hybridized carbons (Fsp3) is 0.316. The van der Waals surface area contributed by atoms with Gasteiger partial charge in [0.25, 0.3) is 0 Å². The zero-order valence-corrected chi connectivity index (χ0v) is 14.2. The van der Waals surface area contributed by atoms with E-state index in [9.17, 15) is 13.2 Å². The molecular formula is C19H21F3N2. The Bertz CT molecular complexity index is 724. The number of halogens is 3. The fourth-order valence-corrected chi connectivity index (χ4v) is 2.25. The summed E-state index contributed by atoms with van der Waals surface area (Å²) in [4.78, 5) is 0. The molecule has 0 spiro atoms. The van der Waals surface area contributed by atoms with Gasteiger partial charge in [-0.05, 0) is 35.6 Å². The number of hydrazone groups is 1. The van der Waals surface area contributed by atoms with Crippen LogP contribution in [0.25, 0.3) is 0 Å². The van der Waals surface area contributed by atoms with Crippen LogP contribution in [0, 0.1) is 0 Å². The number of para-hydroxylation sites is 1. The van der Waals surface area contributed by atoms with Crippen LogP contribution in [0.5, 0.6) is 0 Å². The number of benzene rings is 2. The lowest BCUT2D eigenvalue weighted by molar-refractivity contribution is -0.136. The van der Waals surface area contributed by atoms with Gasteiger partial charge < -0.3 is 0 Å². The molecule has 0 aromatic heterocycles. The fourth-order valence-electron chi connectivity index (χ4n) is 2.25. The number of rotatable bonds is 3. The predicted molar refractivity (Wildman–Crippen MR) is 92.4 cm³/mol. The van der Waals surface area contributed by atoms with Crippen LogP contribution in [0.3, 0.4) is 0 Å². The maximum atomic E-state index is 13.0. The summed E-state index contributed by atoms with van der Waals surface area (Å²) in [5.41, 5.74) is 4.46. The topological polar surface area (TPSA) is 24.4 Å². The molecule has 5 heteroatoms. The molecule has 0 amide bonds. The summed E-state index contributed by atoms with van der Waals surface area (Å²) >= 11 is 0. The third kappa shape index (κ3) is 4.37. The highest BCUT2D eigenvalue weighted by atomic mass is 19.4. The van der Waals surface area contributed by atoms with Crippen LogP contribution in [0.4, 0.5) is 18.9 Å². The summed E-state index contributed by atoms with van der Waals surface area (Å²) in [5, 5.41) is 4.10. The third-order valence-corrected chi connectivity index (χ3v) is 3.75. The molecule has 0 atom stereocenters. The summed E-state index contributed by atoms with van der Waals surface area (Å²) in [6.45, 7) is 8.13. The van der Waals surface area contributed by atoms with Crippen molar-refractivity contribution >= 4 is 11.4 Å². The Kier molecular flexibility index (Phi) is 5.02. The highest BCUT2D eigenvalue weighted by Crippen LogP contribution is 2.34. The molecule has 0 saturated carbocycles. The van der Waals surface area contributed by atoms with Crippen LogP contribution >= 0.6 is 0 Å². The second-order valence-electron chi connectivity index (χ2n) is 6.68. The molecule has 2 aromatic carbocycles. The van der Waals surface area contributed by atoms with Crippen molar-refractivity contribution in [2.24, 2.45) is 5.10 Å². The SMILES string of the molecule is CC(=NNc1ccccc1C(F)(F)F)c1ccc(C(C)(C)C)cc1. The molecule has 128 valence electrons. The first-order valence-electron chi connectivity index (χ1n) is 7.66. The smallest absolute Gasteiger partial charge is 0.278 e. The molecule has 0 aliphatic rings. The van der Waals surface area contributed by atoms with Gasteiger partial charge in [0.15, 0.2) is 0 Å². The van der Waals surface area contributed by atoms with Gasteiger partial charge >= 0.3 is 6.18 Å². The predicted octanol–water partition coefficient (Wildman–Crippen LogP) is 5.84. The maximum absolute atomic E-state index is 13.0. The van der Waals surface area contributed by atoms with E-state index in [0.29, 0.717) is 5.71 Å². The highest BCUT2D eigenvalue weighted by molar-refractivity contribution is 5.99. The monoisotopic (exact) mass is 334 g/mol. The molecule has 0 fully saturated rings. The van der Waals surface area contributed by atoms with Crippen molar-refractivity contribution in [3.63, 3.8) is 0 Å². The van der Waals surface area contributed by atoms with E-state index >= 15 is 0 Å². The molecule has 0 heterocycles. The lowest BCUT2D eigenvalue weighted by Gasteiger charge is -2.19. The minimum atomic E-state index is -4.42. The van der Waals surface area contributed by atoms with Gasteiger partial charge in [-0.25, -0.2) is 0 Å². The molecule has 0 radical (unpaired) electrons. The average molecular weight is 334 g/mol. The van der Waals surface area contributed by atoms with Crippen LogP contribution in [-0.2, 0) is 11.6 Å². The number of nitrogens with one attached hydrogen (secondary N) is 1. The first-order chi connectivity index (χ1) is 11.1. The summed E-state index contributed by atoms with van der Waals surface area (Å²) in [6, 6.07) is 13.2. The normalized spacial score (nSPS) is 13.0. The Morgan fingerprint density at radius 3 is 2.04 bits per heavy atom. The van der Waals surface area contributed by atoms with Gasteiger partial charge in [-0.15, -0.1) is 0 Å². The standard InChI is InChI=1S/C19H21F3N2/c1-13(14-9-11-15(12-10-14)18(2,3)4)23-24-17-8-6-5-7-16(17)19(20,21)22/h5-12,24H,1-4H3. The van der Waals surface area contributed by atoms with Crippen molar-refractivity contribution in [2.75, 3.05) is 5.43 Å². The number of anilines is 1. The van der Waals surface area contributed by atoms with E-state index in [1.165, 1.54) is 17.7 Å². The van der Waals surface area contributed by atoms with Crippen molar-refractivity contribution in [3.05, 3.63) is 65.2 Å². The Balaban J connectivity index is 2.21. The van der Waals surface area contributed by atoms with E-state index in [4.69, 9.17) is 0 Å². The Morgan fingerprint density at radius 2 is 1.50 bits per heavy atom. The van der Waals surface area contributed by atoms with Crippen molar-refractivity contribution < 1.29 is 13.2 Å².